The van der Waals surface area contributed by atoms with E-state index < -0.39 is 21.8 Å². The number of aryl methyl sites for hydroxylation is 1. The minimum Gasteiger partial charge on any atom is -0.499 e. The first-order valence-corrected chi connectivity index (χ1v) is 21.4. The molecule has 0 aliphatic carbocycles. The van der Waals surface area contributed by atoms with Crippen LogP contribution >= 0.6 is 0 Å². The predicted octanol–water partition coefficient (Wildman–Crippen LogP) is 12.5. The van der Waals surface area contributed by atoms with E-state index in [1.807, 2.05) is 104 Å². The Morgan fingerprint density at radius 3 is 1.45 bits per heavy atom. The summed E-state index contributed by atoms with van der Waals surface area (Å²) in [5.41, 5.74) is 2.71. The maximum atomic E-state index is 13.5. The summed E-state index contributed by atoms with van der Waals surface area (Å²) in [6, 6.07) is 36.7. The van der Waals surface area contributed by atoms with Crippen molar-refractivity contribution in [3.8, 4) is 0 Å². The Morgan fingerprint density at radius 2 is 1.00 bits per heavy atom. The van der Waals surface area contributed by atoms with E-state index in [4.69, 9.17) is 13.7 Å². The fraction of sp³-hybridized carbons (Fsp3) is 0.447. The summed E-state index contributed by atoms with van der Waals surface area (Å²) in [7, 11) is -4.10. The van der Waals surface area contributed by atoms with Gasteiger partial charge >= 0.3 is 0 Å². The zero-order valence-corrected chi connectivity index (χ0v) is 33.0. The van der Waals surface area contributed by atoms with Gasteiger partial charge in [0.25, 0.3) is 10.1 Å². The Morgan fingerprint density at radius 1 is 0.566 bits per heavy atom. The normalized spacial score (nSPS) is 12.6. The van der Waals surface area contributed by atoms with Crippen molar-refractivity contribution in [3.05, 3.63) is 150 Å². The van der Waals surface area contributed by atoms with Crippen LogP contribution in [0.3, 0.4) is 0 Å². The highest BCUT2D eigenvalue weighted by Crippen LogP contribution is 2.40. The molecular weight excluding hydrogens is 677 g/mol. The lowest BCUT2D eigenvalue weighted by molar-refractivity contribution is -0.0438. The van der Waals surface area contributed by atoms with E-state index >= 15 is 0 Å². The van der Waals surface area contributed by atoms with Gasteiger partial charge in [-0.1, -0.05) is 199 Å². The molecule has 0 saturated carbocycles. The van der Waals surface area contributed by atoms with Crippen molar-refractivity contribution in [2.45, 2.75) is 127 Å². The molecule has 6 heteroatoms. The van der Waals surface area contributed by atoms with E-state index in [0.717, 1.165) is 35.1 Å². The average molecular weight is 739 g/mol. The van der Waals surface area contributed by atoms with Crippen molar-refractivity contribution in [1.82, 2.24) is 0 Å². The van der Waals surface area contributed by atoms with Crippen LogP contribution in [0.5, 0.6) is 0 Å². The molecule has 0 N–H and O–H groups in total. The lowest BCUT2D eigenvalue weighted by Crippen LogP contribution is -2.38. The van der Waals surface area contributed by atoms with Crippen LogP contribution in [0.4, 0.5) is 0 Å². The van der Waals surface area contributed by atoms with Gasteiger partial charge in [0.15, 0.2) is 0 Å². The van der Waals surface area contributed by atoms with Crippen LogP contribution in [0.2, 0.25) is 0 Å². The number of ether oxygens (including phenoxy) is 2. The Hall–Kier alpha value is -3.71. The van der Waals surface area contributed by atoms with E-state index in [2.05, 4.69) is 6.92 Å². The minimum atomic E-state index is -4.10. The van der Waals surface area contributed by atoms with Gasteiger partial charge in [0.05, 0.1) is 17.8 Å². The lowest BCUT2D eigenvalue weighted by Gasteiger charge is -2.37. The van der Waals surface area contributed by atoms with Gasteiger partial charge in [-0.2, -0.15) is 8.42 Å². The fourth-order valence-corrected chi connectivity index (χ4v) is 7.84. The summed E-state index contributed by atoms with van der Waals surface area (Å²) >= 11 is 0. The Labute approximate surface area is 320 Å². The van der Waals surface area contributed by atoms with E-state index in [9.17, 15) is 8.42 Å². The summed E-state index contributed by atoms with van der Waals surface area (Å²) in [4.78, 5) is 0.0990. The van der Waals surface area contributed by atoms with Crippen LogP contribution in [-0.4, -0.2) is 27.7 Å². The molecule has 0 heterocycles. The van der Waals surface area contributed by atoms with Gasteiger partial charge in [-0.05, 0) is 54.7 Å². The number of hydrogen-bond donors (Lipinski definition) is 0. The van der Waals surface area contributed by atoms with E-state index in [1.165, 1.54) is 83.5 Å². The molecule has 4 aromatic rings. The second-order valence-electron chi connectivity index (χ2n) is 14.2. The van der Waals surface area contributed by atoms with Crippen LogP contribution in [-0.2, 0) is 29.4 Å². The highest BCUT2D eigenvalue weighted by atomic mass is 32.2. The smallest absolute Gasteiger partial charge is 0.297 e. The summed E-state index contributed by atoms with van der Waals surface area (Å²) in [5, 5.41) is 0. The summed E-state index contributed by atoms with van der Waals surface area (Å²) < 4.78 is 45.8. The Bertz CT molecular complexity index is 1560. The number of allylic oxidation sites excluding steroid dienone is 1. The van der Waals surface area contributed by atoms with Crippen LogP contribution in [0.25, 0.3) is 0 Å². The van der Waals surface area contributed by atoms with Gasteiger partial charge in [0, 0.05) is 0 Å². The third-order valence-corrected chi connectivity index (χ3v) is 11.2. The van der Waals surface area contributed by atoms with Crippen LogP contribution in [0.15, 0.2) is 132 Å². The molecule has 0 radical (unpaired) electrons. The first kappa shape index (κ1) is 42.0. The standard InChI is InChI=1S/C47H62O5S/c1-3-4-5-6-7-8-9-10-11-12-13-14-15-16-17-27-38-50-39-45(52-53(48,49)46-36-34-41(2)35-37-46)40-51-47(42-28-21-18-22-29-42,43-30-23-19-24-31-43)44-32-25-20-26-33-44/h18-38,45H,3-17,39-40H2,1-2H3. The quantitative estimate of drug-likeness (QED) is 0.0264. The van der Waals surface area contributed by atoms with Crippen molar-refractivity contribution in [1.29, 1.82) is 0 Å². The number of benzene rings is 4. The molecule has 0 fully saturated rings. The second-order valence-corrected chi connectivity index (χ2v) is 15.7. The highest BCUT2D eigenvalue weighted by Gasteiger charge is 2.39. The zero-order valence-electron chi connectivity index (χ0n) is 32.2. The Balaban J connectivity index is 1.35. The van der Waals surface area contributed by atoms with E-state index in [0.29, 0.717) is 0 Å². The molecule has 4 rings (SSSR count). The van der Waals surface area contributed by atoms with Crippen molar-refractivity contribution >= 4 is 10.1 Å². The molecule has 53 heavy (non-hydrogen) atoms. The number of hydrogen-bond acceptors (Lipinski definition) is 5. The van der Waals surface area contributed by atoms with Crippen molar-refractivity contribution in [2.24, 2.45) is 0 Å². The maximum Gasteiger partial charge on any atom is 0.297 e. The molecule has 0 aliphatic heterocycles. The predicted molar refractivity (Wildman–Crippen MR) is 218 cm³/mol. The second kappa shape index (κ2) is 23.9. The molecule has 4 aromatic carbocycles. The van der Waals surface area contributed by atoms with Crippen molar-refractivity contribution in [3.63, 3.8) is 0 Å². The number of rotatable bonds is 27. The molecule has 0 spiro atoms. The molecule has 0 aliphatic rings. The van der Waals surface area contributed by atoms with Gasteiger partial charge < -0.3 is 9.47 Å². The fourth-order valence-electron chi connectivity index (χ4n) is 6.79. The third kappa shape index (κ3) is 14.2. The molecule has 1 unspecified atom stereocenters. The maximum absolute atomic E-state index is 13.5. The van der Waals surface area contributed by atoms with Crippen LogP contribution < -0.4 is 0 Å². The molecule has 0 aromatic heterocycles. The first-order valence-electron chi connectivity index (χ1n) is 20.0. The van der Waals surface area contributed by atoms with Gasteiger partial charge in [-0.25, -0.2) is 0 Å². The largest absolute Gasteiger partial charge is 0.499 e. The molecule has 0 bridgehead atoms. The lowest BCUT2D eigenvalue weighted by atomic mass is 9.80. The van der Waals surface area contributed by atoms with Gasteiger partial charge in [-0.3, -0.25) is 4.18 Å². The SMILES string of the molecule is CCCCCCCCCCCCCCCCC=COCC(COC(c1ccccc1)(c1ccccc1)c1ccccc1)OS(=O)(=O)c1ccc(C)cc1. The van der Waals surface area contributed by atoms with E-state index in [-0.39, 0.29) is 18.1 Å². The summed E-state index contributed by atoms with van der Waals surface area (Å²) in [6.07, 6.45) is 22.4. The molecule has 5 nitrogen and oxygen atoms in total. The first-order chi connectivity index (χ1) is 26.0. The summed E-state index contributed by atoms with van der Waals surface area (Å²) in [5.74, 6) is 0. The molecule has 0 saturated heterocycles. The monoisotopic (exact) mass is 738 g/mol. The minimum absolute atomic E-state index is 0.00871. The van der Waals surface area contributed by atoms with Crippen LogP contribution in [0, 0.1) is 6.92 Å². The molecule has 286 valence electrons. The van der Waals surface area contributed by atoms with E-state index in [1.54, 1.807) is 30.5 Å². The number of unbranched alkanes of at least 4 members (excludes halogenated alkanes) is 14. The van der Waals surface area contributed by atoms with Crippen molar-refractivity contribution in [2.75, 3.05) is 13.2 Å². The summed E-state index contributed by atoms with van der Waals surface area (Å²) in [6.45, 7) is 4.16. The molecule has 1 atom stereocenters. The van der Waals surface area contributed by atoms with Gasteiger partial charge in [-0.15, -0.1) is 0 Å². The average Bonchev–Trinajstić information content (AvgIpc) is 3.19. The van der Waals surface area contributed by atoms with Crippen LogP contribution in [0.1, 0.15) is 125 Å². The van der Waals surface area contributed by atoms with Gasteiger partial charge in [0.2, 0.25) is 0 Å². The van der Waals surface area contributed by atoms with Crippen molar-refractivity contribution < 1.29 is 22.1 Å². The topological polar surface area (TPSA) is 61.8 Å². The van der Waals surface area contributed by atoms with Gasteiger partial charge in [0.1, 0.15) is 18.3 Å². The highest BCUT2D eigenvalue weighted by molar-refractivity contribution is 7.86. The molecular formula is C47H62O5S. The Kier molecular flexibility index (Phi) is 18.9. The zero-order chi connectivity index (χ0) is 37.5. The third-order valence-electron chi connectivity index (χ3n) is 9.80. The molecule has 0 amide bonds.